The van der Waals surface area contributed by atoms with Crippen LogP contribution in [0.25, 0.3) is 0 Å². The number of ether oxygens (including phenoxy) is 2. The number of hydrogen-bond donors (Lipinski definition) is 2. The van der Waals surface area contributed by atoms with Crippen LogP contribution in [0.1, 0.15) is 35.6 Å². The second kappa shape index (κ2) is 12.9. The Kier molecular flexibility index (Phi) is 8.93. The Morgan fingerprint density at radius 2 is 1.73 bits per heavy atom. The zero-order chi connectivity index (χ0) is 28.8. The van der Waals surface area contributed by atoms with Gasteiger partial charge >= 0.3 is 5.97 Å². The number of fused-ring (bicyclic) bond motifs is 9. The number of amides is 2. The molecule has 11 heteroatoms. The molecule has 3 aliphatic heterocycles. The van der Waals surface area contributed by atoms with E-state index in [4.69, 9.17) is 9.47 Å². The van der Waals surface area contributed by atoms with Crippen molar-refractivity contribution in [1.29, 1.82) is 0 Å². The Balaban J connectivity index is 1.54. The third kappa shape index (κ3) is 7.10. The summed E-state index contributed by atoms with van der Waals surface area (Å²) >= 11 is 3.59. The van der Waals surface area contributed by atoms with E-state index in [0.717, 1.165) is 31.5 Å². The van der Waals surface area contributed by atoms with Crippen LogP contribution < -0.4 is 15.4 Å². The van der Waals surface area contributed by atoms with Crippen LogP contribution in [0.2, 0.25) is 0 Å². The molecule has 2 N–H and O–H groups in total. The maximum atomic E-state index is 13.5. The molecule has 3 aromatic rings. The minimum Gasteiger partial charge on any atom is -0.467 e. The molecule has 0 aromatic heterocycles. The molecule has 1 fully saturated rings. The molecule has 212 valence electrons. The Morgan fingerprint density at radius 3 is 2.44 bits per heavy atom. The van der Waals surface area contributed by atoms with Crippen LogP contribution in [-0.4, -0.2) is 49.0 Å². The first-order valence-electron chi connectivity index (χ1n) is 13.4. The van der Waals surface area contributed by atoms with Gasteiger partial charge in [0, 0.05) is 24.0 Å². The normalized spacial score (nSPS) is 19.5. The maximum Gasteiger partial charge on any atom is 0.328 e. The van der Waals surface area contributed by atoms with Gasteiger partial charge in [0.1, 0.15) is 23.5 Å². The Hall–Kier alpha value is -4.25. The van der Waals surface area contributed by atoms with Crippen LogP contribution in [0, 0.1) is 0 Å². The van der Waals surface area contributed by atoms with E-state index < -0.39 is 24.0 Å². The summed E-state index contributed by atoms with van der Waals surface area (Å²) in [5.74, 6) is -0.537. The molecule has 0 radical (unpaired) electrons. The Morgan fingerprint density at radius 1 is 1.00 bits per heavy atom. The number of nitrogens with zero attached hydrogens (tertiary/aromatic N) is 3. The third-order valence-corrected chi connectivity index (χ3v) is 7.50. The molecule has 4 bridgehead atoms. The highest BCUT2D eigenvalue weighted by Gasteiger charge is 2.29. The fraction of sp³-hybridized carbons (Fsp3) is 0.300. The lowest BCUT2D eigenvalue weighted by Gasteiger charge is -2.23. The van der Waals surface area contributed by atoms with Gasteiger partial charge < -0.3 is 20.1 Å². The van der Waals surface area contributed by atoms with E-state index in [0.29, 0.717) is 32.8 Å². The molecule has 6 rings (SSSR count). The minimum absolute atomic E-state index is 0.0332. The van der Waals surface area contributed by atoms with Gasteiger partial charge in [-0.25, -0.2) is 4.79 Å². The highest BCUT2D eigenvalue weighted by molar-refractivity contribution is 9.10. The lowest BCUT2D eigenvalue weighted by Crippen LogP contribution is -2.48. The predicted octanol–water partition coefficient (Wildman–Crippen LogP) is 4.95. The maximum absolute atomic E-state index is 13.5. The molecule has 10 nitrogen and oxygen atoms in total. The molecule has 2 atom stereocenters. The summed E-state index contributed by atoms with van der Waals surface area (Å²) < 4.78 is 11.8. The largest absolute Gasteiger partial charge is 0.467 e. The fourth-order valence-corrected chi connectivity index (χ4v) is 5.36. The second-order valence-corrected chi connectivity index (χ2v) is 10.8. The number of methoxy groups -OCH3 is 1. The van der Waals surface area contributed by atoms with Crippen LogP contribution in [0.3, 0.4) is 0 Å². The first-order valence-corrected chi connectivity index (χ1v) is 14.2. The zero-order valence-electron chi connectivity index (χ0n) is 22.5. The van der Waals surface area contributed by atoms with Crippen molar-refractivity contribution in [3.8, 4) is 11.5 Å². The van der Waals surface area contributed by atoms with Crippen LogP contribution >= 0.6 is 15.9 Å². The van der Waals surface area contributed by atoms with Crippen molar-refractivity contribution in [1.82, 2.24) is 15.6 Å². The number of halogens is 1. The number of esters is 1. The minimum atomic E-state index is -1.03. The van der Waals surface area contributed by atoms with Gasteiger partial charge in [0.05, 0.1) is 13.5 Å². The number of benzene rings is 3. The van der Waals surface area contributed by atoms with Gasteiger partial charge in [0.2, 0.25) is 11.8 Å². The molecule has 3 aliphatic rings. The summed E-state index contributed by atoms with van der Waals surface area (Å²) in [6.07, 6.45) is 2.30. The van der Waals surface area contributed by atoms with E-state index in [2.05, 4.69) is 36.9 Å². The molecule has 3 heterocycles. The van der Waals surface area contributed by atoms with Gasteiger partial charge in [-0.05, 0) is 69.7 Å². The van der Waals surface area contributed by atoms with Gasteiger partial charge in [-0.1, -0.05) is 47.7 Å². The number of hydrogen-bond acceptors (Lipinski definition) is 7. The SMILES string of the molecule is COC(=O)[C@H]1Cc2ccc(cc2)Oc2cc(cc(Br)c2N=NN2CCCC2)CC(=O)N[C@@H](c2ccccc2)C(=O)N1. The van der Waals surface area contributed by atoms with Crippen molar-refractivity contribution < 1.29 is 23.9 Å². The van der Waals surface area contributed by atoms with Gasteiger partial charge in [-0.2, -0.15) is 0 Å². The molecule has 41 heavy (non-hydrogen) atoms. The van der Waals surface area contributed by atoms with Gasteiger partial charge in [0.15, 0.2) is 5.75 Å². The molecule has 3 aromatic carbocycles. The molecular weight excluding hydrogens is 590 g/mol. The molecule has 0 aliphatic carbocycles. The molecule has 0 spiro atoms. The predicted molar refractivity (Wildman–Crippen MR) is 155 cm³/mol. The summed E-state index contributed by atoms with van der Waals surface area (Å²) in [6, 6.07) is 17.6. The summed E-state index contributed by atoms with van der Waals surface area (Å²) in [4.78, 5) is 39.4. The standard InChI is InChI=1S/C30H30BrN5O5/c1-40-30(39)24-16-19-9-11-22(12-10-19)41-25-17-20(15-23(31)28(25)34-35-36-13-5-6-14-36)18-26(37)33-27(29(38)32-24)21-7-3-2-4-8-21/h2-4,7-12,15,17,24,27H,5-6,13-14,16,18H2,1H3,(H,32,38)(H,33,37)/t24-,27+/m1/s1. The van der Waals surface area contributed by atoms with Gasteiger partial charge in [-0.15, -0.1) is 5.11 Å². The Labute approximate surface area is 246 Å². The average molecular weight is 621 g/mol. The first kappa shape index (κ1) is 28.3. The smallest absolute Gasteiger partial charge is 0.328 e. The van der Waals surface area contributed by atoms with Crippen molar-refractivity contribution in [3.63, 3.8) is 0 Å². The Bertz CT molecular complexity index is 1440. The average Bonchev–Trinajstić information content (AvgIpc) is 3.49. The number of carbonyl (C=O) groups excluding carboxylic acids is 3. The van der Waals surface area contributed by atoms with Crippen molar-refractivity contribution in [2.45, 2.75) is 37.8 Å². The monoisotopic (exact) mass is 619 g/mol. The molecule has 0 unspecified atom stereocenters. The number of carbonyl (C=O) groups is 3. The molecular formula is C30H30BrN5O5. The van der Waals surface area contributed by atoms with Gasteiger partial charge in [0.25, 0.3) is 0 Å². The summed E-state index contributed by atoms with van der Waals surface area (Å²) in [5.41, 5.74) is 2.51. The highest BCUT2D eigenvalue weighted by atomic mass is 79.9. The van der Waals surface area contributed by atoms with E-state index in [9.17, 15) is 14.4 Å². The highest BCUT2D eigenvalue weighted by Crippen LogP contribution is 2.40. The summed E-state index contributed by atoms with van der Waals surface area (Å²) in [6.45, 7) is 1.69. The van der Waals surface area contributed by atoms with Crippen molar-refractivity contribution in [2.24, 2.45) is 10.3 Å². The van der Waals surface area contributed by atoms with Crippen LogP contribution in [0.4, 0.5) is 5.69 Å². The topological polar surface area (TPSA) is 122 Å². The first-order chi connectivity index (χ1) is 19.9. The van der Waals surface area contributed by atoms with E-state index in [1.165, 1.54) is 7.11 Å². The lowest BCUT2D eigenvalue weighted by atomic mass is 10.0. The second-order valence-electron chi connectivity index (χ2n) is 9.90. The number of rotatable bonds is 4. The van der Waals surface area contributed by atoms with Gasteiger partial charge in [-0.3, -0.25) is 14.6 Å². The van der Waals surface area contributed by atoms with E-state index in [-0.39, 0.29) is 18.7 Å². The third-order valence-electron chi connectivity index (χ3n) is 6.90. The fourth-order valence-electron chi connectivity index (χ4n) is 4.79. The molecule has 1 saturated heterocycles. The van der Waals surface area contributed by atoms with E-state index >= 15 is 0 Å². The molecule has 2 amide bonds. The molecule has 0 saturated carbocycles. The van der Waals surface area contributed by atoms with Crippen molar-refractivity contribution >= 4 is 39.4 Å². The van der Waals surface area contributed by atoms with Crippen molar-refractivity contribution in [3.05, 3.63) is 87.9 Å². The van der Waals surface area contributed by atoms with E-state index in [1.54, 1.807) is 48.5 Å². The van der Waals surface area contributed by atoms with Crippen molar-refractivity contribution in [2.75, 3.05) is 20.2 Å². The summed E-state index contributed by atoms with van der Waals surface area (Å²) in [5, 5.41) is 16.4. The van der Waals surface area contributed by atoms with Crippen LogP contribution in [0.15, 0.2) is 81.5 Å². The quantitative estimate of drug-likeness (QED) is 0.315. The van der Waals surface area contributed by atoms with E-state index in [1.807, 2.05) is 23.2 Å². The zero-order valence-corrected chi connectivity index (χ0v) is 24.1. The van der Waals surface area contributed by atoms with Crippen LogP contribution in [-0.2, 0) is 32.0 Å². The number of nitrogens with one attached hydrogen (secondary N) is 2. The van der Waals surface area contributed by atoms with Crippen LogP contribution in [0.5, 0.6) is 11.5 Å². The summed E-state index contributed by atoms with van der Waals surface area (Å²) in [7, 11) is 1.27. The lowest BCUT2D eigenvalue weighted by molar-refractivity contribution is -0.145.